The number of methoxy groups -OCH3 is 2. The number of nitrogens with zero attached hydrogens (tertiary/aromatic N) is 2. The second kappa shape index (κ2) is 7.74. The van der Waals surface area contributed by atoms with E-state index in [2.05, 4.69) is 56.7 Å². The van der Waals surface area contributed by atoms with Crippen molar-refractivity contribution in [3.8, 4) is 11.5 Å². The van der Waals surface area contributed by atoms with E-state index in [1.807, 2.05) is 24.3 Å². The van der Waals surface area contributed by atoms with Gasteiger partial charge in [0.25, 0.3) is 0 Å². The molecule has 0 saturated heterocycles. The van der Waals surface area contributed by atoms with E-state index in [4.69, 9.17) is 14.6 Å². The molecule has 1 aliphatic rings. The molecule has 0 aliphatic carbocycles. The molecule has 138 valence electrons. The highest BCUT2D eigenvalue weighted by Gasteiger charge is 2.33. The van der Waals surface area contributed by atoms with Crippen LogP contribution >= 0.6 is 27.3 Å². The minimum absolute atomic E-state index is 0.0355. The molecule has 0 spiro atoms. The quantitative estimate of drug-likeness (QED) is 0.494. The molecule has 0 unspecified atom stereocenters. The molecular formula is C21H19BrN2O2S. The molecule has 0 radical (unpaired) electrons. The van der Waals surface area contributed by atoms with Crippen molar-refractivity contribution >= 4 is 38.7 Å². The molecule has 1 atom stereocenters. The molecule has 1 aliphatic heterocycles. The van der Waals surface area contributed by atoms with Crippen LogP contribution in [-0.2, 0) is 0 Å². The Morgan fingerprint density at radius 3 is 2.52 bits per heavy atom. The Kier molecular flexibility index (Phi) is 5.18. The molecule has 27 heavy (non-hydrogen) atoms. The van der Waals surface area contributed by atoms with Gasteiger partial charge in [0.15, 0.2) is 11.5 Å². The van der Waals surface area contributed by atoms with Crippen LogP contribution in [0.3, 0.4) is 0 Å². The van der Waals surface area contributed by atoms with Crippen LogP contribution in [0, 0.1) is 0 Å². The molecule has 0 bridgehead atoms. The lowest BCUT2D eigenvalue weighted by Gasteiger charge is -2.26. The van der Waals surface area contributed by atoms with Crippen LogP contribution in [0.4, 0.5) is 5.69 Å². The van der Waals surface area contributed by atoms with Crippen molar-refractivity contribution in [2.75, 3.05) is 19.2 Å². The van der Waals surface area contributed by atoms with Gasteiger partial charge in [0.2, 0.25) is 0 Å². The monoisotopic (exact) mass is 442 g/mol. The van der Waals surface area contributed by atoms with Crippen molar-refractivity contribution in [2.45, 2.75) is 12.5 Å². The fraction of sp³-hybridized carbons (Fsp3) is 0.190. The summed E-state index contributed by atoms with van der Waals surface area (Å²) in [6.45, 7) is 0. The Bertz CT molecular complexity index is 955. The lowest BCUT2D eigenvalue weighted by molar-refractivity contribution is 0.349. The highest BCUT2D eigenvalue weighted by atomic mass is 79.9. The molecule has 4 nitrogen and oxygen atoms in total. The molecule has 3 aromatic rings. The first-order valence-electron chi connectivity index (χ1n) is 8.58. The van der Waals surface area contributed by atoms with E-state index in [9.17, 15) is 0 Å². The maximum Gasteiger partial charge on any atom is 0.166 e. The van der Waals surface area contributed by atoms with E-state index in [1.165, 1.54) is 4.88 Å². The summed E-state index contributed by atoms with van der Waals surface area (Å²) in [6, 6.07) is 18.4. The number of halogens is 1. The van der Waals surface area contributed by atoms with Crippen LogP contribution in [0.5, 0.6) is 11.5 Å². The van der Waals surface area contributed by atoms with E-state index in [-0.39, 0.29) is 6.04 Å². The smallest absolute Gasteiger partial charge is 0.166 e. The van der Waals surface area contributed by atoms with Gasteiger partial charge >= 0.3 is 0 Å². The van der Waals surface area contributed by atoms with Crippen LogP contribution in [0.1, 0.15) is 22.9 Å². The first kappa shape index (κ1) is 18.1. The summed E-state index contributed by atoms with van der Waals surface area (Å²) in [6.07, 6.45) is 0.806. The predicted octanol–water partition coefficient (Wildman–Crippen LogP) is 5.88. The number of hydrazone groups is 1. The maximum absolute atomic E-state index is 5.70. The fourth-order valence-corrected chi connectivity index (χ4v) is 4.34. The number of benzene rings is 2. The summed E-state index contributed by atoms with van der Waals surface area (Å²) < 4.78 is 12.3. The van der Waals surface area contributed by atoms with Gasteiger partial charge in [-0.25, -0.2) is 0 Å². The summed E-state index contributed by atoms with van der Waals surface area (Å²) >= 11 is 5.22. The largest absolute Gasteiger partial charge is 0.493 e. The molecule has 2 aromatic carbocycles. The Hall–Kier alpha value is -2.31. The topological polar surface area (TPSA) is 34.1 Å². The van der Waals surface area contributed by atoms with Gasteiger partial charge in [-0.1, -0.05) is 34.1 Å². The molecule has 0 fully saturated rings. The van der Waals surface area contributed by atoms with Crippen molar-refractivity contribution in [3.05, 3.63) is 74.9 Å². The number of anilines is 1. The van der Waals surface area contributed by atoms with Gasteiger partial charge in [0, 0.05) is 16.5 Å². The summed E-state index contributed by atoms with van der Waals surface area (Å²) in [5, 5.41) is 9.13. The maximum atomic E-state index is 5.70. The van der Waals surface area contributed by atoms with Gasteiger partial charge in [-0.05, 0) is 41.8 Å². The van der Waals surface area contributed by atoms with Gasteiger partial charge in [-0.3, -0.25) is 5.01 Å². The Morgan fingerprint density at radius 1 is 1.04 bits per heavy atom. The van der Waals surface area contributed by atoms with Crippen molar-refractivity contribution in [1.82, 2.24) is 0 Å². The molecule has 6 heteroatoms. The number of thiophene rings is 1. The summed E-state index contributed by atoms with van der Waals surface area (Å²) in [4.78, 5) is 1.20. The minimum Gasteiger partial charge on any atom is -0.493 e. The molecular weight excluding hydrogens is 424 g/mol. The van der Waals surface area contributed by atoms with Gasteiger partial charge in [-0.15, -0.1) is 11.3 Å². The summed E-state index contributed by atoms with van der Waals surface area (Å²) in [5.74, 6) is 1.49. The Labute approximate surface area is 171 Å². The first-order valence-corrected chi connectivity index (χ1v) is 10.3. The van der Waals surface area contributed by atoms with E-state index < -0.39 is 0 Å². The summed E-state index contributed by atoms with van der Waals surface area (Å²) in [7, 11) is 3.34. The molecule has 2 heterocycles. The number of ether oxygens (including phenoxy) is 2. The average molecular weight is 443 g/mol. The second-order valence-corrected chi connectivity index (χ2v) is 8.01. The number of rotatable bonds is 5. The van der Waals surface area contributed by atoms with Crippen molar-refractivity contribution in [1.29, 1.82) is 0 Å². The van der Waals surface area contributed by atoms with E-state index in [0.717, 1.165) is 39.4 Å². The standard InChI is InChI=1S/C21H19BrN2O2S/c1-25-19-6-3-5-16(21(19)26-2)18-13-17(20-7-4-12-27-20)23-24(18)15-10-8-14(22)9-11-15/h3-12,18H,13H2,1-2H3/t18-/m1/s1. The van der Waals surface area contributed by atoms with Crippen LogP contribution in [0.2, 0.25) is 0 Å². The molecule has 0 amide bonds. The Balaban J connectivity index is 1.80. The zero-order chi connectivity index (χ0) is 18.8. The third kappa shape index (κ3) is 3.47. The molecule has 0 saturated carbocycles. The average Bonchev–Trinajstić information content (AvgIpc) is 3.37. The van der Waals surface area contributed by atoms with Crippen molar-refractivity contribution < 1.29 is 9.47 Å². The van der Waals surface area contributed by atoms with Crippen LogP contribution in [0.15, 0.2) is 69.6 Å². The number of para-hydroxylation sites is 1. The fourth-order valence-electron chi connectivity index (χ4n) is 3.35. The first-order chi connectivity index (χ1) is 13.2. The van der Waals surface area contributed by atoms with E-state index in [1.54, 1.807) is 25.6 Å². The van der Waals surface area contributed by atoms with Gasteiger partial charge in [-0.2, -0.15) is 5.10 Å². The highest BCUT2D eigenvalue weighted by molar-refractivity contribution is 9.10. The second-order valence-electron chi connectivity index (χ2n) is 6.15. The SMILES string of the molecule is COc1cccc([C@H]2CC(c3cccs3)=NN2c2ccc(Br)cc2)c1OC. The minimum atomic E-state index is 0.0355. The Morgan fingerprint density at radius 2 is 1.85 bits per heavy atom. The molecule has 0 N–H and O–H groups in total. The van der Waals surface area contributed by atoms with Crippen LogP contribution in [-0.4, -0.2) is 19.9 Å². The lowest BCUT2D eigenvalue weighted by Crippen LogP contribution is -2.19. The normalized spacial score (nSPS) is 16.3. The lowest BCUT2D eigenvalue weighted by atomic mass is 9.99. The zero-order valence-corrected chi connectivity index (χ0v) is 17.5. The highest BCUT2D eigenvalue weighted by Crippen LogP contribution is 2.43. The van der Waals surface area contributed by atoms with Gasteiger partial charge in [0.05, 0.1) is 36.5 Å². The zero-order valence-electron chi connectivity index (χ0n) is 15.1. The van der Waals surface area contributed by atoms with Crippen molar-refractivity contribution in [3.63, 3.8) is 0 Å². The van der Waals surface area contributed by atoms with Crippen LogP contribution < -0.4 is 14.5 Å². The van der Waals surface area contributed by atoms with Crippen LogP contribution in [0.25, 0.3) is 0 Å². The third-order valence-corrected chi connectivity index (χ3v) is 6.05. The van der Waals surface area contributed by atoms with Gasteiger partial charge in [0.1, 0.15) is 0 Å². The predicted molar refractivity (Wildman–Crippen MR) is 114 cm³/mol. The number of hydrogen-bond acceptors (Lipinski definition) is 5. The van der Waals surface area contributed by atoms with E-state index in [0.29, 0.717) is 0 Å². The summed E-state index contributed by atoms with van der Waals surface area (Å²) in [5.41, 5.74) is 3.19. The molecule has 4 rings (SSSR count). The van der Waals surface area contributed by atoms with Gasteiger partial charge < -0.3 is 9.47 Å². The third-order valence-electron chi connectivity index (χ3n) is 4.60. The molecule has 1 aromatic heterocycles. The van der Waals surface area contributed by atoms with E-state index >= 15 is 0 Å². The number of hydrogen-bond donors (Lipinski definition) is 0. The van der Waals surface area contributed by atoms with Crippen molar-refractivity contribution in [2.24, 2.45) is 5.10 Å².